The molecule has 3 nitrogen and oxygen atoms in total. The van der Waals surface area contributed by atoms with Gasteiger partial charge in [0.05, 0.1) is 6.42 Å². The molecule has 0 radical (unpaired) electrons. The summed E-state index contributed by atoms with van der Waals surface area (Å²) in [4.78, 5) is 14.1. The van der Waals surface area contributed by atoms with Crippen LogP contribution >= 0.6 is 0 Å². The van der Waals surface area contributed by atoms with Crippen molar-refractivity contribution in [1.29, 1.82) is 0 Å². The molecule has 0 aromatic heterocycles. The van der Waals surface area contributed by atoms with Crippen LogP contribution in [0.5, 0.6) is 0 Å². The topological polar surface area (TPSA) is 32.3 Å². The first-order chi connectivity index (χ1) is 9.06. The Hall–Kier alpha value is -1.42. The number of amides is 1. The highest BCUT2D eigenvalue weighted by atomic mass is 19.1. The van der Waals surface area contributed by atoms with E-state index in [2.05, 4.69) is 31.0 Å². The number of benzene rings is 1. The maximum atomic E-state index is 12.7. The van der Waals surface area contributed by atoms with Crippen molar-refractivity contribution in [3.05, 3.63) is 35.6 Å². The number of nitrogens with one attached hydrogen (secondary N) is 1. The number of halogens is 1. The van der Waals surface area contributed by atoms with Crippen molar-refractivity contribution >= 4 is 5.91 Å². The van der Waals surface area contributed by atoms with E-state index in [0.29, 0.717) is 19.0 Å². The van der Waals surface area contributed by atoms with Gasteiger partial charge in [0.1, 0.15) is 5.82 Å². The van der Waals surface area contributed by atoms with Gasteiger partial charge in [-0.05, 0) is 37.7 Å². The predicted octanol–water partition coefficient (Wildman–Crippen LogP) is 2.21. The molecule has 0 heterocycles. The maximum Gasteiger partial charge on any atom is 0.224 e. The smallest absolute Gasteiger partial charge is 0.224 e. The van der Waals surface area contributed by atoms with E-state index in [-0.39, 0.29) is 11.7 Å². The van der Waals surface area contributed by atoms with Crippen LogP contribution < -0.4 is 5.32 Å². The van der Waals surface area contributed by atoms with Crippen LogP contribution in [-0.2, 0) is 11.2 Å². The lowest BCUT2D eigenvalue weighted by Gasteiger charge is -2.26. The quantitative estimate of drug-likeness (QED) is 0.820. The molecule has 1 amide bonds. The molecule has 1 atom stereocenters. The highest BCUT2D eigenvalue weighted by molar-refractivity contribution is 5.78. The summed E-state index contributed by atoms with van der Waals surface area (Å²) in [6, 6.07) is 6.36. The van der Waals surface area contributed by atoms with Crippen molar-refractivity contribution in [3.63, 3.8) is 0 Å². The van der Waals surface area contributed by atoms with Crippen molar-refractivity contribution in [2.24, 2.45) is 0 Å². The monoisotopic (exact) mass is 266 g/mol. The Morgan fingerprint density at radius 3 is 2.37 bits per heavy atom. The highest BCUT2D eigenvalue weighted by Gasteiger charge is 2.11. The van der Waals surface area contributed by atoms with Crippen molar-refractivity contribution in [1.82, 2.24) is 10.2 Å². The van der Waals surface area contributed by atoms with Crippen LogP contribution in [0.1, 0.15) is 26.3 Å². The molecule has 0 fully saturated rings. The van der Waals surface area contributed by atoms with Gasteiger partial charge in [0.2, 0.25) is 5.91 Å². The highest BCUT2D eigenvalue weighted by Crippen LogP contribution is 2.03. The molecule has 106 valence electrons. The zero-order chi connectivity index (χ0) is 14.3. The van der Waals surface area contributed by atoms with Gasteiger partial charge < -0.3 is 5.32 Å². The molecule has 1 aromatic rings. The van der Waals surface area contributed by atoms with Crippen molar-refractivity contribution in [2.75, 3.05) is 19.6 Å². The van der Waals surface area contributed by atoms with Crippen LogP contribution in [-0.4, -0.2) is 36.5 Å². The van der Waals surface area contributed by atoms with Gasteiger partial charge in [-0.1, -0.05) is 26.0 Å². The summed E-state index contributed by atoms with van der Waals surface area (Å²) in [5.41, 5.74) is 0.828. The Morgan fingerprint density at radius 2 is 1.84 bits per heavy atom. The Morgan fingerprint density at radius 1 is 1.26 bits per heavy atom. The Bertz CT molecular complexity index is 388. The van der Waals surface area contributed by atoms with Gasteiger partial charge in [-0.2, -0.15) is 0 Å². The lowest BCUT2D eigenvalue weighted by molar-refractivity contribution is -0.120. The summed E-state index contributed by atoms with van der Waals surface area (Å²) in [5, 5.41) is 2.92. The summed E-state index contributed by atoms with van der Waals surface area (Å²) in [5.74, 6) is -0.301. The molecule has 0 aliphatic carbocycles. The number of likely N-dealkylation sites (N-methyl/N-ethyl adjacent to an activating group) is 1. The fourth-order valence-corrected chi connectivity index (χ4v) is 2.09. The summed E-state index contributed by atoms with van der Waals surface area (Å²) in [6.45, 7) is 8.92. The fraction of sp³-hybridized carbons (Fsp3) is 0.533. The molecule has 0 saturated carbocycles. The van der Waals surface area contributed by atoms with Crippen LogP contribution in [0.3, 0.4) is 0 Å². The van der Waals surface area contributed by atoms with Crippen molar-refractivity contribution in [2.45, 2.75) is 33.2 Å². The molecule has 0 aliphatic heterocycles. The van der Waals surface area contributed by atoms with E-state index in [0.717, 1.165) is 18.7 Å². The predicted molar refractivity (Wildman–Crippen MR) is 75.5 cm³/mol. The van der Waals surface area contributed by atoms with Gasteiger partial charge in [0.25, 0.3) is 0 Å². The zero-order valence-corrected chi connectivity index (χ0v) is 11.9. The molecule has 1 N–H and O–H groups in total. The normalized spacial score (nSPS) is 12.5. The number of rotatable bonds is 7. The minimum absolute atomic E-state index is 0.0226. The fourth-order valence-electron chi connectivity index (χ4n) is 2.09. The second-order valence-electron chi connectivity index (χ2n) is 4.68. The molecular weight excluding hydrogens is 243 g/mol. The average molecular weight is 266 g/mol. The number of nitrogens with zero attached hydrogens (tertiary/aromatic N) is 1. The largest absolute Gasteiger partial charge is 0.354 e. The Balaban J connectivity index is 2.37. The third-order valence-electron chi connectivity index (χ3n) is 3.31. The van der Waals surface area contributed by atoms with Crippen LogP contribution in [0.4, 0.5) is 4.39 Å². The van der Waals surface area contributed by atoms with Crippen molar-refractivity contribution in [3.8, 4) is 0 Å². The van der Waals surface area contributed by atoms with E-state index in [4.69, 9.17) is 0 Å². The molecule has 0 bridgehead atoms. The third kappa shape index (κ3) is 5.39. The molecular formula is C15H23FN2O. The number of carbonyl (C=O) groups is 1. The molecule has 1 aromatic carbocycles. The second kappa shape index (κ2) is 7.89. The standard InChI is InChI=1S/C15H23FN2O/c1-4-18(5-2)12(3)11-17-15(19)10-13-6-8-14(16)9-7-13/h6-9,12H,4-5,10-11H2,1-3H3,(H,17,19). The minimum Gasteiger partial charge on any atom is -0.354 e. The lowest BCUT2D eigenvalue weighted by atomic mass is 10.1. The summed E-state index contributed by atoms with van der Waals surface area (Å²) < 4.78 is 12.7. The first kappa shape index (κ1) is 15.6. The minimum atomic E-state index is -0.278. The number of hydrogen-bond donors (Lipinski definition) is 1. The van der Waals surface area contributed by atoms with E-state index in [1.807, 2.05) is 0 Å². The Kier molecular flexibility index (Phi) is 6.50. The molecule has 1 rings (SSSR count). The van der Waals surface area contributed by atoms with E-state index >= 15 is 0 Å². The maximum absolute atomic E-state index is 12.7. The third-order valence-corrected chi connectivity index (χ3v) is 3.31. The molecule has 19 heavy (non-hydrogen) atoms. The molecule has 0 spiro atoms. The van der Waals surface area contributed by atoms with E-state index in [1.54, 1.807) is 12.1 Å². The van der Waals surface area contributed by atoms with Gasteiger partial charge in [-0.3, -0.25) is 9.69 Å². The Labute approximate surface area is 114 Å². The molecule has 1 unspecified atom stereocenters. The average Bonchev–Trinajstić information content (AvgIpc) is 2.40. The van der Waals surface area contributed by atoms with E-state index < -0.39 is 0 Å². The first-order valence-electron chi connectivity index (χ1n) is 6.82. The molecule has 0 saturated heterocycles. The lowest BCUT2D eigenvalue weighted by Crippen LogP contribution is -2.42. The number of hydrogen-bond acceptors (Lipinski definition) is 2. The first-order valence-corrected chi connectivity index (χ1v) is 6.82. The van der Waals surface area contributed by atoms with Gasteiger partial charge in [-0.25, -0.2) is 4.39 Å². The van der Waals surface area contributed by atoms with E-state index in [9.17, 15) is 9.18 Å². The number of carbonyl (C=O) groups excluding carboxylic acids is 1. The van der Waals surface area contributed by atoms with Gasteiger partial charge in [0, 0.05) is 12.6 Å². The molecule has 0 aliphatic rings. The zero-order valence-electron chi connectivity index (χ0n) is 11.9. The summed E-state index contributed by atoms with van der Waals surface area (Å²) >= 11 is 0. The summed E-state index contributed by atoms with van der Waals surface area (Å²) in [6.07, 6.45) is 0.297. The SMILES string of the molecule is CCN(CC)C(C)CNC(=O)Cc1ccc(F)cc1. The van der Waals surface area contributed by atoms with E-state index in [1.165, 1.54) is 12.1 Å². The van der Waals surface area contributed by atoms with Gasteiger partial charge >= 0.3 is 0 Å². The van der Waals surface area contributed by atoms with Crippen LogP contribution in [0.25, 0.3) is 0 Å². The van der Waals surface area contributed by atoms with Crippen molar-refractivity contribution < 1.29 is 9.18 Å². The second-order valence-corrected chi connectivity index (χ2v) is 4.68. The van der Waals surface area contributed by atoms with Crippen LogP contribution in [0.15, 0.2) is 24.3 Å². The van der Waals surface area contributed by atoms with Crippen LogP contribution in [0.2, 0.25) is 0 Å². The summed E-state index contributed by atoms with van der Waals surface area (Å²) in [7, 11) is 0. The van der Waals surface area contributed by atoms with Crippen LogP contribution in [0, 0.1) is 5.82 Å². The molecule has 4 heteroatoms. The van der Waals surface area contributed by atoms with Gasteiger partial charge in [-0.15, -0.1) is 0 Å². The van der Waals surface area contributed by atoms with Gasteiger partial charge in [0.15, 0.2) is 0 Å².